The van der Waals surface area contributed by atoms with Crippen molar-refractivity contribution in [2.75, 3.05) is 0 Å². The molecule has 1 aromatic heterocycles. The van der Waals surface area contributed by atoms with Crippen molar-refractivity contribution in [3.05, 3.63) is 187 Å². The van der Waals surface area contributed by atoms with E-state index in [-0.39, 0.29) is 0 Å². The zero-order valence-corrected chi connectivity index (χ0v) is 27.1. The Morgan fingerprint density at radius 2 is 1.00 bits per heavy atom. The number of pyridine rings is 1. The first-order chi connectivity index (χ1) is 24.7. The standard InChI is InChI=1S/C46H30N4/c1-3-11-32-24-36(18-16-29(32)8-1)45-48-44(49-46(50-45)37-19-17-30-9-2-4-12-33(30)25-37)35-14-7-13-34(26-35)42-28-47-27-38-21-22-40-39-15-6-5-10-31(39)20-23-41(40)43(38)42/h1-28,44H,(H,48,49,50). The van der Waals surface area contributed by atoms with E-state index < -0.39 is 6.17 Å². The molecule has 234 valence electrons. The smallest absolute Gasteiger partial charge is 0.169 e. The van der Waals surface area contributed by atoms with Crippen molar-refractivity contribution in [3.63, 3.8) is 0 Å². The third-order valence-electron chi connectivity index (χ3n) is 9.93. The lowest BCUT2D eigenvalue weighted by Gasteiger charge is -2.23. The van der Waals surface area contributed by atoms with Crippen LogP contribution in [0, 0.1) is 0 Å². The van der Waals surface area contributed by atoms with Crippen LogP contribution in [0.3, 0.4) is 0 Å². The predicted molar refractivity (Wildman–Crippen MR) is 209 cm³/mol. The van der Waals surface area contributed by atoms with Gasteiger partial charge in [-0.05, 0) is 72.4 Å². The summed E-state index contributed by atoms with van der Waals surface area (Å²) >= 11 is 0. The van der Waals surface area contributed by atoms with Crippen LogP contribution in [-0.2, 0) is 0 Å². The SMILES string of the molecule is c1cc(-c2cncc3ccc4c5ccccc5ccc4c23)cc(C2N=C(c3ccc4ccccc4c3)NC(c3ccc4ccccc4c3)=N2)c1. The number of nitrogens with one attached hydrogen (secondary N) is 1. The van der Waals surface area contributed by atoms with Crippen LogP contribution in [-0.4, -0.2) is 16.7 Å². The topological polar surface area (TPSA) is 49.6 Å². The fraction of sp³-hybridized carbons (Fsp3) is 0.0217. The Morgan fingerprint density at radius 1 is 0.400 bits per heavy atom. The number of hydrogen-bond donors (Lipinski definition) is 1. The van der Waals surface area contributed by atoms with Crippen LogP contribution >= 0.6 is 0 Å². The molecule has 9 aromatic rings. The Balaban J connectivity index is 1.13. The first-order valence-corrected chi connectivity index (χ1v) is 16.9. The summed E-state index contributed by atoms with van der Waals surface area (Å²) in [4.78, 5) is 15.2. The number of hydrogen-bond acceptors (Lipinski definition) is 4. The molecule has 10 rings (SSSR count). The quantitative estimate of drug-likeness (QED) is 0.195. The molecule has 8 aromatic carbocycles. The van der Waals surface area contributed by atoms with Gasteiger partial charge >= 0.3 is 0 Å². The van der Waals surface area contributed by atoms with E-state index in [2.05, 4.69) is 168 Å². The molecule has 0 unspecified atom stereocenters. The molecule has 1 N–H and O–H groups in total. The molecule has 0 radical (unpaired) electrons. The van der Waals surface area contributed by atoms with Gasteiger partial charge in [-0.2, -0.15) is 0 Å². The monoisotopic (exact) mass is 638 g/mol. The molecular formula is C46H30N4. The van der Waals surface area contributed by atoms with Gasteiger partial charge in [0.1, 0.15) is 11.7 Å². The summed E-state index contributed by atoms with van der Waals surface area (Å²) in [5.41, 5.74) is 5.24. The van der Waals surface area contributed by atoms with Crippen LogP contribution in [0.4, 0.5) is 0 Å². The van der Waals surface area contributed by atoms with Crippen molar-refractivity contribution in [1.82, 2.24) is 10.3 Å². The molecule has 1 aliphatic rings. The molecule has 0 aliphatic carbocycles. The molecule has 1 aliphatic heterocycles. The Kier molecular flexibility index (Phi) is 6.53. The maximum absolute atomic E-state index is 5.25. The van der Waals surface area contributed by atoms with Gasteiger partial charge in [0.25, 0.3) is 0 Å². The van der Waals surface area contributed by atoms with Gasteiger partial charge in [0.15, 0.2) is 6.17 Å². The van der Waals surface area contributed by atoms with Gasteiger partial charge in [0.2, 0.25) is 0 Å². The van der Waals surface area contributed by atoms with Gasteiger partial charge in [0.05, 0.1) is 0 Å². The highest BCUT2D eigenvalue weighted by Crippen LogP contribution is 2.38. The van der Waals surface area contributed by atoms with E-state index in [4.69, 9.17) is 9.98 Å². The molecule has 0 atom stereocenters. The minimum absolute atomic E-state index is 0.442. The molecule has 0 fully saturated rings. The average Bonchev–Trinajstić information content (AvgIpc) is 3.19. The molecule has 0 saturated heterocycles. The maximum atomic E-state index is 5.25. The normalized spacial score (nSPS) is 13.5. The van der Waals surface area contributed by atoms with E-state index in [0.717, 1.165) is 44.9 Å². The highest BCUT2D eigenvalue weighted by Gasteiger charge is 2.22. The fourth-order valence-corrected chi connectivity index (χ4v) is 7.42. The summed E-state index contributed by atoms with van der Waals surface area (Å²) in [5.74, 6) is 1.60. The number of amidine groups is 2. The van der Waals surface area contributed by atoms with Gasteiger partial charge < -0.3 is 5.32 Å². The summed E-state index contributed by atoms with van der Waals surface area (Å²) in [6.07, 6.45) is 3.51. The highest BCUT2D eigenvalue weighted by molar-refractivity contribution is 6.21. The molecule has 50 heavy (non-hydrogen) atoms. The van der Waals surface area contributed by atoms with Gasteiger partial charge in [-0.1, -0.05) is 140 Å². The lowest BCUT2D eigenvalue weighted by Crippen LogP contribution is -2.36. The maximum Gasteiger partial charge on any atom is 0.169 e. The highest BCUT2D eigenvalue weighted by atomic mass is 15.2. The summed E-state index contributed by atoms with van der Waals surface area (Å²) in [5, 5.41) is 15.6. The van der Waals surface area contributed by atoms with Crippen molar-refractivity contribution in [2.45, 2.75) is 6.17 Å². The summed E-state index contributed by atoms with van der Waals surface area (Å²) in [7, 11) is 0. The van der Waals surface area contributed by atoms with Crippen molar-refractivity contribution in [2.24, 2.45) is 9.98 Å². The third-order valence-corrected chi connectivity index (χ3v) is 9.93. The first kappa shape index (κ1) is 28.4. The molecule has 4 heteroatoms. The van der Waals surface area contributed by atoms with Crippen LogP contribution in [0.25, 0.3) is 65.0 Å². The van der Waals surface area contributed by atoms with Gasteiger partial charge in [-0.3, -0.25) is 4.98 Å². The third kappa shape index (κ3) is 4.81. The van der Waals surface area contributed by atoms with Crippen LogP contribution in [0.1, 0.15) is 22.9 Å². The number of nitrogens with zero attached hydrogens (tertiary/aromatic N) is 3. The van der Waals surface area contributed by atoms with E-state index in [1.807, 2.05) is 12.4 Å². The lowest BCUT2D eigenvalue weighted by atomic mass is 9.92. The zero-order valence-electron chi connectivity index (χ0n) is 27.1. The van der Waals surface area contributed by atoms with Crippen LogP contribution in [0.15, 0.2) is 180 Å². The Bertz CT molecular complexity index is 2770. The molecule has 0 bridgehead atoms. The average molecular weight is 639 g/mol. The molecule has 2 heterocycles. The molecule has 0 saturated carbocycles. The Hall–Kier alpha value is -6.65. The minimum Gasteiger partial charge on any atom is -0.324 e. The van der Waals surface area contributed by atoms with Crippen molar-refractivity contribution >= 4 is 65.5 Å². The second-order valence-electron chi connectivity index (χ2n) is 12.9. The summed E-state index contributed by atoms with van der Waals surface area (Å²) in [6.45, 7) is 0. The predicted octanol–water partition coefficient (Wildman–Crippen LogP) is 11.0. The Morgan fingerprint density at radius 3 is 1.72 bits per heavy atom. The molecule has 4 nitrogen and oxygen atoms in total. The summed E-state index contributed by atoms with van der Waals surface area (Å²) < 4.78 is 0. The summed E-state index contributed by atoms with van der Waals surface area (Å²) in [6, 6.07) is 56.0. The molecule has 0 amide bonds. The Labute approximate surface area is 289 Å². The van der Waals surface area contributed by atoms with E-state index in [1.165, 1.54) is 48.5 Å². The largest absolute Gasteiger partial charge is 0.324 e. The van der Waals surface area contributed by atoms with E-state index in [1.54, 1.807) is 0 Å². The van der Waals surface area contributed by atoms with E-state index in [9.17, 15) is 0 Å². The number of rotatable bonds is 4. The van der Waals surface area contributed by atoms with E-state index >= 15 is 0 Å². The first-order valence-electron chi connectivity index (χ1n) is 16.9. The van der Waals surface area contributed by atoms with Crippen molar-refractivity contribution < 1.29 is 0 Å². The second-order valence-corrected chi connectivity index (χ2v) is 12.9. The van der Waals surface area contributed by atoms with Crippen molar-refractivity contribution in [3.8, 4) is 11.1 Å². The van der Waals surface area contributed by atoms with Crippen molar-refractivity contribution in [1.29, 1.82) is 0 Å². The zero-order chi connectivity index (χ0) is 33.0. The van der Waals surface area contributed by atoms with E-state index in [0.29, 0.717) is 0 Å². The fourth-order valence-electron chi connectivity index (χ4n) is 7.42. The molecule has 0 spiro atoms. The lowest BCUT2D eigenvalue weighted by molar-refractivity contribution is 0.756. The van der Waals surface area contributed by atoms with Crippen LogP contribution in [0.5, 0.6) is 0 Å². The number of aliphatic imine (C=N–C) groups is 2. The number of aromatic nitrogens is 1. The van der Waals surface area contributed by atoms with Crippen LogP contribution < -0.4 is 5.32 Å². The van der Waals surface area contributed by atoms with Crippen LogP contribution in [0.2, 0.25) is 0 Å². The number of fused-ring (bicyclic) bond motifs is 7. The van der Waals surface area contributed by atoms with Gasteiger partial charge in [-0.15, -0.1) is 0 Å². The molecular weight excluding hydrogens is 609 g/mol. The number of benzene rings is 8. The van der Waals surface area contributed by atoms with Gasteiger partial charge in [-0.25, -0.2) is 9.98 Å². The second kappa shape index (κ2) is 11.5. The minimum atomic E-state index is -0.442. The van der Waals surface area contributed by atoms with Gasteiger partial charge in [0, 0.05) is 39.9 Å².